The number of aryl methyl sites for hydroxylation is 2. The van der Waals surface area contributed by atoms with Crippen molar-refractivity contribution >= 4 is 20.9 Å². The molecule has 0 N–H and O–H groups in total. The van der Waals surface area contributed by atoms with Crippen LogP contribution in [0.2, 0.25) is 0 Å². The van der Waals surface area contributed by atoms with Crippen molar-refractivity contribution < 1.29 is 42.5 Å². The quantitative estimate of drug-likeness (QED) is 0.278. The molecule has 0 fully saturated rings. The zero-order valence-corrected chi connectivity index (χ0v) is 21.3. The van der Waals surface area contributed by atoms with Gasteiger partial charge in [-0.25, -0.2) is 8.42 Å². The van der Waals surface area contributed by atoms with E-state index in [2.05, 4.69) is 32.0 Å². The van der Waals surface area contributed by atoms with E-state index >= 15 is 0 Å². The number of hydrogen-bond acceptors (Lipinski definition) is 3. The molecule has 0 saturated carbocycles. The summed E-state index contributed by atoms with van der Waals surface area (Å²) >= 11 is 0. The zero-order chi connectivity index (χ0) is 20.4. The Morgan fingerprint density at radius 2 is 1.31 bits per heavy atom. The van der Waals surface area contributed by atoms with Gasteiger partial charge >= 0.3 is 29.6 Å². The smallest absolute Gasteiger partial charge is 0.744 e. The van der Waals surface area contributed by atoms with Gasteiger partial charge in [0.25, 0.3) is 0 Å². The predicted octanol–water partition coefficient (Wildman–Crippen LogP) is 3.77. The second-order valence-corrected chi connectivity index (χ2v) is 9.23. The molecule has 0 bridgehead atoms. The fourth-order valence-electron chi connectivity index (χ4n) is 3.89. The van der Waals surface area contributed by atoms with Crippen molar-refractivity contribution in [1.82, 2.24) is 0 Å². The molecule has 0 aliphatic rings. The first-order valence-corrected chi connectivity index (χ1v) is 12.4. The Kier molecular flexibility index (Phi) is 12.7. The molecule has 0 aliphatic heterocycles. The van der Waals surface area contributed by atoms with Crippen molar-refractivity contribution in [2.24, 2.45) is 0 Å². The first-order chi connectivity index (χ1) is 13.5. The van der Waals surface area contributed by atoms with Crippen LogP contribution in [0.25, 0.3) is 10.8 Å². The van der Waals surface area contributed by atoms with Gasteiger partial charge in [0.1, 0.15) is 10.1 Å². The maximum absolute atomic E-state index is 11.8. The van der Waals surface area contributed by atoms with E-state index in [9.17, 15) is 13.0 Å². The van der Waals surface area contributed by atoms with E-state index in [1.54, 1.807) is 6.07 Å². The standard InChI is InChI=1S/C24H36O3S.Na/c1-3-5-7-9-11-13-20-15-16-21-17-18-24(28(25,26)27)22(23(21)19-20)14-12-10-8-6-4-2;/h15-19H,3-14H2,1-2H3,(H,25,26,27);/q;+1/p-1. The molecule has 0 amide bonds. The first-order valence-electron chi connectivity index (χ1n) is 11.0. The van der Waals surface area contributed by atoms with Crippen molar-refractivity contribution in [1.29, 1.82) is 0 Å². The van der Waals surface area contributed by atoms with Crippen molar-refractivity contribution in [3.05, 3.63) is 41.5 Å². The summed E-state index contributed by atoms with van der Waals surface area (Å²) in [6.45, 7) is 4.39. The van der Waals surface area contributed by atoms with Crippen molar-refractivity contribution in [3.63, 3.8) is 0 Å². The van der Waals surface area contributed by atoms with Crippen LogP contribution >= 0.6 is 0 Å². The molecule has 0 aromatic heterocycles. The van der Waals surface area contributed by atoms with Crippen LogP contribution in [0.5, 0.6) is 0 Å². The largest absolute Gasteiger partial charge is 1.00 e. The minimum Gasteiger partial charge on any atom is -0.744 e. The fraction of sp³-hybridized carbons (Fsp3) is 0.583. The van der Waals surface area contributed by atoms with Crippen LogP contribution in [-0.4, -0.2) is 13.0 Å². The van der Waals surface area contributed by atoms with E-state index in [1.807, 2.05) is 0 Å². The summed E-state index contributed by atoms with van der Waals surface area (Å²) in [5.41, 5.74) is 1.95. The summed E-state index contributed by atoms with van der Waals surface area (Å²) in [7, 11) is -4.46. The number of benzene rings is 2. The van der Waals surface area contributed by atoms with E-state index in [0.29, 0.717) is 6.42 Å². The summed E-state index contributed by atoms with van der Waals surface area (Å²) < 4.78 is 35.5. The number of rotatable bonds is 13. The third-order valence-corrected chi connectivity index (χ3v) is 6.44. The zero-order valence-electron chi connectivity index (χ0n) is 18.5. The van der Waals surface area contributed by atoms with Crippen LogP contribution in [-0.2, 0) is 23.0 Å². The van der Waals surface area contributed by atoms with Gasteiger partial charge in [-0.2, -0.15) is 0 Å². The van der Waals surface area contributed by atoms with Crippen LogP contribution in [0.1, 0.15) is 89.2 Å². The Morgan fingerprint density at radius 1 is 0.759 bits per heavy atom. The Bertz CT molecular complexity index is 847. The molecule has 3 nitrogen and oxygen atoms in total. The molecule has 0 atom stereocenters. The number of unbranched alkanes of at least 4 members (excludes halogenated alkanes) is 8. The van der Waals surface area contributed by atoms with Crippen LogP contribution < -0.4 is 29.6 Å². The van der Waals surface area contributed by atoms with Crippen LogP contribution in [0.3, 0.4) is 0 Å². The number of fused-ring (bicyclic) bond motifs is 1. The molecule has 0 heterocycles. The molecular formula is C24H35NaO3S. The third kappa shape index (κ3) is 8.70. The van der Waals surface area contributed by atoms with Crippen LogP contribution in [0.4, 0.5) is 0 Å². The third-order valence-electron chi connectivity index (χ3n) is 5.52. The van der Waals surface area contributed by atoms with E-state index in [0.717, 1.165) is 48.4 Å². The summed E-state index contributed by atoms with van der Waals surface area (Å²) in [6, 6.07) is 9.59. The second-order valence-electron chi connectivity index (χ2n) is 7.88. The molecule has 29 heavy (non-hydrogen) atoms. The minimum absolute atomic E-state index is 0. The Labute approximate surface area is 199 Å². The number of hydrogen-bond donors (Lipinski definition) is 0. The molecule has 156 valence electrons. The van der Waals surface area contributed by atoms with E-state index in [4.69, 9.17) is 0 Å². The molecule has 0 radical (unpaired) electrons. The van der Waals surface area contributed by atoms with Gasteiger partial charge < -0.3 is 4.55 Å². The SMILES string of the molecule is CCCCCCCc1ccc2ccc(S(=O)(=O)[O-])c(CCCCCCC)c2c1.[Na+]. The van der Waals surface area contributed by atoms with Crippen LogP contribution in [0.15, 0.2) is 35.2 Å². The maximum Gasteiger partial charge on any atom is 1.00 e. The normalized spacial score (nSPS) is 11.6. The van der Waals surface area contributed by atoms with Gasteiger partial charge in [-0.05, 0) is 53.6 Å². The molecule has 0 aliphatic carbocycles. The summed E-state index contributed by atoms with van der Waals surface area (Å²) in [6.07, 6.45) is 13.3. The first kappa shape index (κ1) is 26.6. The van der Waals surface area contributed by atoms with E-state index < -0.39 is 10.1 Å². The Morgan fingerprint density at radius 3 is 1.90 bits per heavy atom. The van der Waals surface area contributed by atoms with Gasteiger partial charge in [-0.1, -0.05) is 89.5 Å². The van der Waals surface area contributed by atoms with Crippen molar-refractivity contribution in [2.45, 2.75) is 95.8 Å². The Balaban J connectivity index is 0.00000420. The Hall–Kier alpha value is -0.390. The van der Waals surface area contributed by atoms with Crippen LogP contribution in [0, 0.1) is 0 Å². The molecule has 2 aromatic carbocycles. The van der Waals surface area contributed by atoms with Gasteiger partial charge in [-0.3, -0.25) is 0 Å². The van der Waals surface area contributed by atoms with E-state index in [1.165, 1.54) is 50.2 Å². The average molecular weight is 427 g/mol. The van der Waals surface area contributed by atoms with Gasteiger partial charge in [0.15, 0.2) is 0 Å². The van der Waals surface area contributed by atoms with E-state index in [-0.39, 0.29) is 34.5 Å². The monoisotopic (exact) mass is 426 g/mol. The summed E-state index contributed by atoms with van der Waals surface area (Å²) in [5.74, 6) is 0. The van der Waals surface area contributed by atoms with Crippen molar-refractivity contribution in [3.8, 4) is 0 Å². The molecule has 2 rings (SSSR count). The topological polar surface area (TPSA) is 57.2 Å². The molecule has 0 unspecified atom stereocenters. The van der Waals surface area contributed by atoms with Gasteiger partial charge in [0.2, 0.25) is 0 Å². The van der Waals surface area contributed by atoms with Gasteiger partial charge in [-0.15, -0.1) is 0 Å². The molecule has 2 aromatic rings. The van der Waals surface area contributed by atoms with Gasteiger partial charge in [0, 0.05) is 0 Å². The molecule has 5 heteroatoms. The molecule has 0 saturated heterocycles. The maximum atomic E-state index is 11.8. The molecular weight excluding hydrogens is 391 g/mol. The predicted molar refractivity (Wildman–Crippen MR) is 117 cm³/mol. The molecule has 0 spiro atoms. The van der Waals surface area contributed by atoms with Crippen molar-refractivity contribution in [2.75, 3.05) is 0 Å². The minimum atomic E-state index is -4.46. The fourth-order valence-corrected chi connectivity index (χ4v) is 4.64. The summed E-state index contributed by atoms with van der Waals surface area (Å²) in [5, 5.41) is 1.96. The van der Waals surface area contributed by atoms with Gasteiger partial charge in [0.05, 0.1) is 4.90 Å². The second kappa shape index (κ2) is 13.8. The summed E-state index contributed by atoms with van der Waals surface area (Å²) in [4.78, 5) is -0.0319. The average Bonchev–Trinajstić information content (AvgIpc) is 2.66.